The van der Waals surface area contributed by atoms with E-state index in [0.717, 1.165) is 24.4 Å². The lowest BCUT2D eigenvalue weighted by Crippen LogP contribution is -2.36. The molecule has 2 aromatic carbocycles. The molecular weight excluding hydrogens is 390 g/mol. The Hall–Kier alpha value is -3.12. The van der Waals surface area contributed by atoms with Crippen LogP contribution in [0.5, 0.6) is 5.75 Å². The van der Waals surface area contributed by atoms with E-state index in [-0.39, 0.29) is 17.6 Å². The van der Waals surface area contributed by atoms with Gasteiger partial charge in [0.15, 0.2) is 11.5 Å². The smallest absolute Gasteiger partial charge is 0.273 e. The summed E-state index contributed by atoms with van der Waals surface area (Å²) in [4.78, 5) is 15.2. The third-order valence-corrected chi connectivity index (χ3v) is 5.69. The number of benzene rings is 2. The molecule has 1 aromatic heterocycles. The average molecular weight is 420 g/mol. The number of carbonyl (C=O) groups excluding carboxylic acids is 1. The van der Waals surface area contributed by atoms with Crippen molar-refractivity contribution in [3.63, 3.8) is 0 Å². The maximum atomic E-state index is 12.8. The van der Waals surface area contributed by atoms with Crippen LogP contribution in [0.2, 0.25) is 0 Å². The number of ether oxygens (including phenoxy) is 1. The Morgan fingerprint density at radius 1 is 1.13 bits per heavy atom. The fourth-order valence-electron chi connectivity index (χ4n) is 3.98. The van der Waals surface area contributed by atoms with Crippen LogP contribution >= 0.6 is 0 Å². The van der Waals surface area contributed by atoms with Crippen LogP contribution in [0.1, 0.15) is 47.4 Å². The predicted octanol–water partition coefficient (Wildman–Crippen LogP) is 4.62. The highest BCUT2D eigenvalue weighted by Crippen LogP contribution is 2.26. The van der Waals surface area contributed by atoms with Crippen LogP contribution in [0.25, 0.3) is 11.3 Å². The van der Waals surface area contributed by atoms with E-state index >= 15 is 0 Å². The van der Waals surface area contributed by atoms with Gasteiger partial charge in [-0.1, -0.05) is 35.0 Å². The number of rotatable bonds is 8. The highest BCUT2D eigenvalue weighted by molar-refractivity contribution is 5.93. The molecule has 162 valence electrons. The Morgan fingerprint density at radius 3 is 2.52 bits per heavy atom. The van der Waals surface area contributed by atoms with Gasteiger partial charge in [-0.25, -0.2) is 0 Å². The number of aromatic nitrogens is 1. The van der Waals surface area contributed by atoms with Crippen molar-refractivity contribution in [2.24, 2.45) is 0 Å². The van der Waals surface area contributed by atoms with Gasteiger partial charge >= 0.3 is 0 Å². The first-order valence-electron chi connectivity index (χ1n) is 10.9. The molecule has 3 aromatic rings. The van der Waals surface area contributed by atoms with Crippen molar-refractivity contribution in [2.45, 2.75) is 32.7 Å². The van der Waals surface area contributed by atoms with E-state index in [2.05, 4.69) is 46.6 Å². The second-order valence-electron chi connectivity index (χ2n) is 7.91. The number of nitrogens with zero attached hydrogens (tertiary/aromatic N) is 2. The third kappa shape index (κ3) is 5.14. The lowest BCUT2D eigenvalue weighted by atomic mass is 10.0. The quantitative estimate of drug-likeness (QED) is 0.577. The van der Waals surface area contributed by atoms with Crippen LogP contribution in [-0.2, 0) is 0 Å². The molecule has 6 nitrogen and oxygen atoms in total. The van der Waals surface area contributed by atoms with Crippen LogP contribution in [-0.4, -0.2) is 42.2 Å². The number of nitrogens with one attached hydrogen (secondary N) is 1. The minimum absolute atomic E-state index is 0.157. The molecule has 2 heterocycles. The molecule has 31 heavy (non-hydrogen) atoms. The number of amides is 1. The van der Waals surface area contributed by atoms with Gasteiger partial charge in [0.05, 0.1) is 12.6 Å². The Balaban J connectivity index is 1.42. The fourth-order valence-corrected chi connectivity index (χ4v) is 3.98. The van der Waals surface area contributed by atoms with Gasteiger partial charge in [-0.2, -0.15) is 0 Å². The summed E-state index contributed by atoms with van der Waals surface area (Å²) in [5.74, 6) is 1.13. The molecule has 1 fully saturated rings. The van der Waals surface area contributed by atoms with Gasteiger partial charge < -0.3 is 14.6 Å². The van der Waals surface area contributed by atoms with Crippen molar-refractivity contribution >= 4 is 5.91 Å². The van der Waals surface area contributed by atoms with Crippen LogP contribution in [0, 0.1) is 6.92 Å². The van der Waals surface area contributed by atoms with Crippen molar-refractivity contribution in [2.75, 3.05) is 26.2 Å². The molecule has 1 amide bonds. The zero-order chi connectivity index (χ0) is 21.6. The van der Waals surface area contributed by atoms with Crippen LogP contribution in [0.15, 0.2) is 59.1 Å². The number of hydrogen-bond acceptors (Lipinski definition) is 5. The summed E-state index contributed by atoms with van der Waals surface area (Å²) < 4.78 is 10.9. The lowest BCUT2D eigenvalue weighted by molar-refractivity contribution is 0.0929. The summed E-state index contributed by atoms with van der Waals surface area (Å²) in [6.07, 6.45) is 2.40. The molecule has 1 N–H and O–H groups in total. The van der Waals surface area contributed by atoms with Gasteiger partial charge in [0.25, 0.3) is 5.91 Å². The number of hydrogen-bond donors (Lipinski definition) is 1. The molecule has 4 rings (SSSR count). The van der Waals surface area contributed by atoms with Crippen LogP contribution in [0.4, 0.5) is 0 Å². The molecule has 1 aliphatic heterocycles. The molecule has 1 unspecified atom stereocenters. The molecule has 0 aliphatic carbocycles. The van der Waals surface area contributed by atoms with Crippen molar-refractivity contribution in [3.8, 4) is 17.1 Å². The largest absolute Gasteiger partial charge is 0.494 e. The van der Waals surface area contributed by atoms with Gasteiger partial charge in [-0.05, 0) is 69.6 Å². The maximum absolute atomic E-state index is 12.8. The van der Waals surface area contributed by atoms with E-state index < -0.39 is 0 Å². The van der Waals surface area contributed by atoms with Crippen molar-refractivity contribution < 1.29 is 14.1 Å². The average Bonchev–Trinajstić information content (AvgIpc) is 3.48. The molecule has 1 atom stereocenters. The molecule has 0 radical (unpaired) electrons. The number of carbonyl (C=O) groups is 1. The second-order valence-corrected chi connectivity index (χ2v) is 7.91. The summed E-state index contributed by atoms with van der Waals surface area (Å²) in [5, 5.41) is 7.04. The van der Waals surface area contributed by atoms with E-state index in [4.69, 9.17) is 9.26 Å². The predicted molar refractivity (Wildman–Crippen MR) is 120 cm³/mol. The van der Waals surface area contributed by atoms with Gasteiger partial charge in [0.2, 0.25) is 0 Å². The Labute approximate surface area is 183 Å². The molecule has 1 saturated heterocycles. The molecule has 0 spiro atoms. The molecule has 0 saturated carbocycles. The van der Waals surface area contributed by atoms with E-state index in [0.29, 0.717) is 18.9 Å². The maximum Gasteiger partial charge on any atom is 0.273 e. The zero-order valence-corrected chi connectivity index (χ0v) is 18.1. The Kier molecular flexibility index (Phi) is 6.67. The molecule has 1 aliphatic rings. The van der Waals surface area contributed by atoms with E-state index in [9.17, 15) is 4.79 Å². The first kappa shape index (κ1) is 21.1. The van der Waals surface area contributed by atoms with E-state index in [1.165, 1.54) is 24.0 Å². The fraction of sp³-hybridized carbons (Fsp3) is 0.360. The Morgan fingerprint density at radius 2 is 1.84 bits per heavy atom. The van der Waals surface area contributed by atoms with Gasteiger partial charge in [0, 0.05) is 18.2 Å². The topological polar surface area (TPSA) is 67.6 Å². The third-order valence-electron chi connectivity index (χ3n) is 5.69. The first-order valence-corrected chi connectivity index (χ1v) is 10.9. The normalized spacial score (nSPS) is 15.0. The number of aryl methyl sites for hydroxylation is 1. The minimum Gasteiger partial charge on any atom is -0.494 e. The lowest BCUT2D eigenvalue weighted by Gasteiger charge is -2.28. The standard InChI is InChI=1S/C25H29N3O3/c1-3-30-21-12-10-20(11-13-21)24-16-22(27-31-24)25(29)26-17-23(28-14-4-5-15-28)19-8-6-18(2)7-9-19/h6-13,16,23H,3-5,14-15,17H2,1-2H3,(H,26,29). The van der Waals surface area contributed by atoms with E-state index in [1.807, 2.05) is 31.2 Å². The minimum atomic E-state index is -0.225. The number of likely N-dealkylation sites (tertiary alicyclic amines) is 1. The van der Waals surface area contributed by atoms with Gasteiger partial charge in [0.1, 0.15) is 5.75 Å². The summed E-state index contributed by atoms with van der Waals surface area (Å²) in [6, 6.07) is 18.0. The molecule has 6 heteroatoms. The molecular formula is C25H29N3O3. The summed E-state index contributed by atoms with van der Waals surface area (Å²) in [7, 11) is 0. The monoisotopic (exact) mass is 419 g/mol. The van der Waals surface area contributed by atoms with Crippen molar-refractivity contribution in [1.29, 1.82) is 0 Å². The van der Waals surface area contributed by atoms with Gasteiger partial charge in [-0.3, -0.25) is 9.69 Å². The summed E-state index contributed by atoms with van der Waals surface area (Å²) in [6.45, 7) is 7.30. The van der Waals surface area contributed by atoms with Crippen molar-refractivity contribution in [1.82, 2.24) is 15.4 Å². The first-order chi connectivity index (χ1) is 15.1. The summed E-state index contributed by atoms with van der Waals surface area (Å²) in [5.41, 5.74) is 3.60. The second kappa shape index (κ2) is 9.79. The highest BCUT2D eigenvalue weighted by Gasteiger charge is 2.24. The zero-order valence-electron chi connectivity index (χ0n) is 18.1. The Bertz CT molecular complexity index is 990. The van der Waals surface area contributed by atoms with Crippen LogP contribution in [0.3, 0.4) is 0 Å². The highest BCUT2D eigenvalue weighted by atomic mass is 16.5. The van der Waals surface area contributed by atoms with Gasteiger partial charge in [-0.15, -0.1) is 0 Å². The summed E-state index contributed by atoms with van der Waals surface area (Å²) >= 11 is 0. The van der Waals surface area contributed by atoms with E-state index in [1.54, 1.807) is 6.07 Å². The molecule has 0 bridgehead atoms. The van der Waals surface area contributed by atoms with Crippen LogP contribution < -0.4 is 10.1 Å². The SMILES string of the molecule is CCOc1ccc(-c2cc(C(=O)NCC(c3ccc(C)cc3)N3CCCC3)no2)cc1. The van der Waals surface area contributed by atoms with Crippen molar-refractivity contribution in [3.05, 3.63) is 71.4 Å².